The number of hydrogen-bond donors (Lipinski definition) is 2. The number of nitrogens with one attached hydrogen (secondary N) is 2. The highest BCUT2D eigenvalue weighted by atomic mass is 35.5. The number of aromatic nitrogens is 1. The minimum atomic E-state index is -0.0621. The third-order valence-electron chi connectivity index (χ3n) is 3.64. The zero-order valence-electron chi connectivity index (χ0n) is 12.1. The lowest BCUT2D eigenvalue weighted by atomic mass is 10.1. The number of pyridine rings is 1. The van der Waals surface area contributed by atoms with Crippen molar-refractivity contribution in [3.8, 4) is 0 Å². The van der Waals surface area contributed by atoms with Gasteiger partial charge in [-0.15, -0.1) is 0 Å². The predicted octanol–water partition coefficient (Wildman–Crippen LogP) is 3.48. The van der Waals surface area contributed by atoms with Crippen LogP contribution < -0.4 is 10.6 Å². The van der Waals surface area contributed by atoms with Crippen LogP contribution in [0.1, 0.15) is 49.9 Å². The molecule has 0 aromatic carbocycles. The SMILES string of the molecule is CCCNc1cc(C(=O)NC2CCC(C)C2)cc(Cl)n1. The Balaban J connectivity index is 2.03. The number of nitrogens with zero attached hydrogens (tertiary/aromatic N) is 1. The van der Waals surface area contributed by atoms with Gasteiger partial charge in [-0.2, -0.15) is 0 Å². The molecule has 1 aromatic rings. The lowest BCUT2D eigenvalue weighted by molar-refractivity contribution is 0.0937. The second kappa shape index (κ2) is 6.93. The average molecular weight is 296 g/mol. The molecule has 0 bridgehead atoms. The summed E-state index contributed by atoms with van der Waals surface area (Å²) in [7, 11) is 0. The summed E-state index contributed by atoms with van der Waals surface area (Å²) in [5.74, 6) is 1.29. The molecule has 20 heavy (non-hydrogen) atoms. The van der Waals surface area contributed by atoms with Crippen LogP contribution in [-0.2, 0) is 0 Å². The van der Waals surface area contributed by atoms with Crippen molar-refractivity contribution in [3.63, 3.8) is 0 Å². The summed E-state index contributed by atoms with van der Waals surface area (Å²) in [6.07, 6.45) is 4.30. The van der Waals surface area contributed by atoms with Crippen molar-refractivity contribution < 1.29 is 4.79 Å². The molecule has 110 valence electrons. The first-order chi connectivity index (χ1) is 9.58. The molecule has 0 saturated heterocycles. The molecule has 1 aliphatic rings. The third kappa shape index (κ3) is 4.10. The summed E-state index contributed by atoms with van der Waals surface area (Å²) in [4.78, 5) is 16.4. The monoisotopic (exact) mass is 295 g/mol. The molecular formula is C15H22ClN3O. The van der Waals surface area contributed by atoms with Crippen LogP contribution in [0.15, 0.2) is 12.1 Å². The summed E-state index contributed by atoms with van der Waals surface area (Å²) in [5, 5.41) is 6.58. The second-order valence-corrected chi connectivity index (χ2v) is 5.97. The lowest BCUT2D eigenvalue weighted by Gasteiger charge is -2.13. The van der Waals surface area contributed by atoms with Crippen LogP contribution in [0, 0.1) is 5.92 Å². The molecule has 1 fully saturated rings. The van der Waals surface area contributed by atoms with Gasteiger partial charge in [0.05, 0.1) is 0 Å². The number of amides is 1. The molecule has 1 aromatic heterocycles. The fraction of sp³-hybridized carbons (Fsp3) is 0.600. The van der Waals surface area contributed by atoms with E-state index in [0.717, 1.165) is 25.8 Å². The molecule has 4 nitrogen and oxygen atoms in total. The first-order valence-electron chi connectivity index (χ1n) is 7.30. The predicted molar refractivity (Wildman–Crippen MR) is 82.3 cm³/mol. The first kappa shape index (κ1) is 15.1. The van der Waals surface area contributed by atoms with E-state index in [1.165, 1.54) is 6.42 Å². The molecule has 2 rings (SSSR count). The van der Waals surface area contributed by atoms with E-state index >= 15 is 0 Å². The Kier molecular flexibility index (Phi) is 5.24. The van der Waals surface area contributed by atoms with Crippen molar-refractivity contribution in [2.45, 2.75) is 45.6 Å². The fourth-order valence-electron chi connectivity index (χ4n) is 2.58. The molecule has 1 amide bonds. The van der Waals surface area contributed by atoms with Crippen LogP contribution in [0.2, 0.25) is 5.15 Å². The van der Waals surface area contributed by atoms with Crippen LogP contribution in [-0.4, -0.2) is 23.5 Å². The number of carbonyl (C=O) groups is 1. The number of anilines is 1. The molecular weight excluding hydrogens is 274 g/mol. The van der Waals surface area contributed by atoms with Crippen molar-refractivity contribution in [2.75, 3.05) is 11.9 Å². The largest absolute Gasteiger partial charge is 0.370 e. The van der Waals surface area contributed by atoms with Gasteiger partial charge in [-0.1, -0.05) is 25.4 Å². The Hall–Kier alpha value is -1.29. The molecule has 1 aliphatic carbocycles. The third-order valence-corrected chi connectivity index (χ3v) is 3.84. The number of hydrogen-bond acceptors (Lipinski definition) is 3. The summed E-state index contributed by atoms with van der Waals surface area (Å²) in [6, 6.07) is 3.67. The van der Waals surface area contributed by atoms with Gasteiger partial charge >= 0.3 is 0 Å². The Morgan fingerprint density at radius 2 is 2.25 bits per heavy atom. The molecule has 1 saturated carbocycles. The van der Waals surface area contributed by atoms with Gasteiger partial charge in [0.25, 0.3) is 5.91 Å². The second-order valence-electron chi connectivity index (χ2n) is 5.58. The minimum absolute atomic E-state index is 0.0621. The average Bonchev–Trinajstić information content (AvgIpc) is 2.81. The van der Waals surface area contributed by atoms with E-state index < -0.39 is 0 Å². The van der Waals surface area contributed by atoms with Crippen molar-refractivity contribution in [3.05, 3.63) is 22.8 Å². The molecule has 0 spiro atoms. The van der Waals surface area contributed by atoms with Gasteiger partial charge in [0.2, 0.25) is 0 Å². The highest BCUT2D eigenvalue weighted by Gasteiger charge is 2.23. The van der Waals surface area contributed by atoms with Crippen LogP contribution in [0.4, 0.5) is 5.82 Å². The Labute approximate surface area is 125 Å². The maximum atomic E-state index is 12.3. The zero-order chi connectivity index (χ0) is 14.5. The van der Waals surface area contributed by atoms with Crippen LogP contribution in [0.25, 0.3) is 0 Å². The van der Waals surface area contributed by atoms with Crippen LogP contribution in [0.5, 0.6) is 0 Å². The number of halogens is 1. The summed E-state index contributed by atoms with van der Waals surface area (Å²) in [5.41, 5.74) is 0.572. The van der Waals surface area contributed by atoms with Gasteiger partial charge in [-0.25, -0.2) is 4.98 Å². The molecule has 1 heterocycles. The van der Waals surface area contributed by atoms with Crippen LogP contribution in [0.3, 0.4) is 0 Å². The van der Waals surface area contributed by atoms with Gasteiger partial charge in [0.15, 0.2) is 0 Å². The van der Waals surface area contributed by atoms with E-state index in [0.29, 0.717) is 22.5 Å². The quantitative estimate of drug-likeness (QED) is 0.818. The van der Waals surface area contributed by atoms with Crippen molar-refractivity contribution in [2.24, 2.45) is 5.92 Å². The fourth-order valence-corrected chi connectivity index (χ4v) is 2.79. The number of rotatable bonds is 5. The van der Waals surface area contributed by atoms with E-state index in [2.05, 4.69) is 29.5 Å². The highest BCUT2D eigenvalue weighted by molar-refractivity contribution is 6.29. The highest BCUT2D eigenvalue weighted by Crippen LogP contribution is 2.25. The van der Waals surface area contributed by atoms with Gasteiger partial charge in [0.1, 0.15) is 11.0 Å². The van der Waals surface area contributed by atoms with E-state index in [1.807, 2.05) is 0 Å². The molecule has 2 unspecified atom stereocenters. The Morgan fingerprint density at radius 1 is 1.45 bits per heavy atom. The topological polar surface area (TPSA) is 54.0 Å². The molecule has 0 aliphatic heterocycles. The molecule has 0 radical (unpaired) electrons. The van der Waals surface area contributed by atoms with Crippen molar-refractivity contribution in [1.82, 2.24) is 10.3 Å². The summed E-state index contributed by atoms with van der Waals surface area (Å²) >= 11 is 5.98. The maximum absolute atomic E-state index is 12.3. The smallest absolute Gasteiger partial charge is 0.251 e. The van der Waals surface area contributed by atoms with Gasteiger partial charge < -0.3 is 10.6 Å². The van der Waals surface area contributed by atoms with E-state index in [1.54, 1.807) is 12.1 Å². The van der Waals surface area contributed by atoms with Gasteiger partial charge in [-0.3, -0.25) is 4.79 Å². The normalized spacial score (nSPS) is 21.8. The molecule has 5 heteroatoms. The minimum Gasteiger partial charge on any atom is -0.370 e. The standard InChI is InChI=1S/C15H22ClN3O/c1-3-6-17-14-9-11(8-13(16)19-14)15(20)18-12-5-4-10(2)7-12/h8-10,12H,3-7H2,1-2H3,(H,17,19)(H,18,20). The number of carbonyl (C=O) groups excluding carboxylic acids is 1. The van der Waals surface area contributed by atoms with Gasteiger partial charge in [-0.05, 0) is 43.7 Å². The van der Waals surface area contributed by atoms with Gasteiger partial charge in [0, 0.05) is 18.2 Å². The Bertz CT molecular complexity index is 478. The Morgan fingerprint density at radius 3 is 2.90 bits per heavy atom. The first-order valence-corrected chi connectivity index (χ1v) is 7.68. The molecule has 2 N–H and O–H groups in total. The molecule has 2 atom stereocenters. The lowest BCUT2D eigenvalue weighted by Crippen LogP contribution is -2.33. The van der Waals surface area contributed by atoms with E-state index in [9.17, 15) is 4.79 Å². The zero-order valence-corrected chi connectivity index (χ0v) is 12.8. The summed E-state index contributed by atoms with van der Waals surface area (Å²) in [6.45, 7) is 5.11. The maximum Gasteiger partial charge on any atom is 0.251 e. The van der Waals surface area contributed by atoms with Crippen molar-refractivity contribution >= 4 is 23.3 Å². The van der Waals surface area contributed by atoms with Crippen molar-refractivity contribution in [1.29, 1.82) is 0 Å². The van der Waals surface area contributed by atoms with E-state index in [4.69, 9.17) is 11.6 Å². The summed E-state index contributed by atoms with van der Waals surface area (Å²) < 4.78 is 0. The van der Waals surface area contributed by atoms with Crippen LogP contribution >= 0.6 is 11.6 Å². The van der Waals surface area contributed by atoms with E-state index in [-0.39, 0.29) is 11.9 Å².